The molecule has 5 aromatic rings. The van der Waals surface area contributed by atoms with Gasteiger partial charge in [-0.1, -0.05) is 97.8 Å². The van der Waals surface area contributed by atoms with Gasteiger partial charge in [0, 0.05) is 22.7 Å². The summed E-state index contributed by atoms with van der Waals surface area (Å²) in [5, 5.41) is 1.17. The first-order valence-corrected chi connectivity index (χ1v) is 14.1. The molecule has 5 rings (SSSR count). The molecule has 0 atom stereocenters. The summed E-state index contributed by atoms with van der Waals surface area (Å²) in [6.45, 7) is 10.1. The highest BCUT2D eigenvalue weighted by molar-refractivity contribution is 5.90. The van der Waals surface area contributed by atoms with Gasteiger partial charge in [0.15, 0.2) is 0 Å². The van der Waals surface area contributed by atoms with Gasteiger partial charge in [0.05, 0.1) is 12.2 Å². The van der Waals surface area contributed by atoms with Gasteiger partial charge in [-0.05, 0) is 86.7 Å². The number of unbranched alkanes of at least 4 members (excludes halogenated alkanes) is 1. The van der Waals surface area contributed by atoms with Crippen LogP contribution >= 0.6 is 0 Å². The number of alkyl halides is 1. The van der Waals surface area contributed by atoms with Crippen LogP contribution in [0.25, 0.3) is 33.2 Å². The first-order valence-electron chi connectivity index (χ1n) is 14.1. The van der Waals surface area contributed by atoms with Crippen molar-refractivity contribution in [2.24, 2.45) is 5.73 Å². The van der Waals surface area contributed by atoms with Gasteiger partial charge in [-0.3, -0.25) is 14.2 Å². The van der Waals surface area contributed by atoms with E-state index in [1.807, 2.05) is 51.2 Å². The van der Waals surface area contributed by atoms with Crippen LogP contribution in [0, 0.1) is 27.7 Å². The van der Waals surface area contributed by atoms with Gasteiger partial charge in [0.25, 0.3) is 0 Å². The third-order valence-electron chi connectivity index (χ3n) is 6.63. The average molecular weight is 551 g/mol. The molecule has 0 spiro atoms. The fourth-order valence-electron chi connectivity index (χ4n) is 4.43. The smallest absolute Gasteiger partial charge is 0.150 e. The Bertz CT molecular complexity index is 1530. The number of para-hydroxylation sites is 1. The molecule has 214 valence electrons. The summed E-state index contributed by atoms with van der Waals surface area (Å²) in [5.74, 6) is 0. The molecular formula is C37H43FN2O. The van der Waals surface area contributed by atoms with Crippen molar-refractivity contribution < 1.29 is 9.18 Å². The third kappa shape index (κ3) is 9.47. The Balaban J connectivity index is 0.000000287. The second kappa shape index (κ2) is 17.5. The van der Waals surface area contributed by atoms with Crippen molar-refractivity contribution in [2.45, 2.75) is 47.5 Å². The largest absolute Gasteiger partial charge is 0.333 e. The molecule has 2 N–H and O–H groups in total. The van der Waals surface area contributed by atoms with Gasteiger partial charge < -0.3 is 5.73 Å². The average Bonchev–Trinajstić information content (AvgIpc) is 2.99. The lowest BCUT2D eigenvalue weighted by Crippen LogP contribution is -1.92. The first-order chi connectivity index (χ1) is 19.9. The molecule has 3 nitrogen and oxygen atoms in total. The number of halogens is 1. The minimum absolute atomic E-state index is 0.156. The molecule has 0 saturated heterocycles. The number of aromatic nitrogens is 1. The highest BCUT2D eigenvalue weighted by atomic mass is 19.1. The minimum atomic E-state index is -0.156. The SMILES string of the molecule is CCCCF.CN.Cc1ccc(C=O)c(C)c1.Cc1ccccc1-c1c(C)cccc1-c1cnc2ccccc2c1. The lowest BCUT2D eigenvalue weighted by atomic mass is 9.89. The van der Waals surface area contributed by atoms with E-state index < -0.39 is 0 Å². The number of fused-ring (bicyclic) bond motifs is 1. The third-order valence-corrected chi connectivity index (χ3v) is 6.63. The number of hydrogen-bond acceptors (Lipinski definition) is 3. The molecule has 0 aliphatic heterocycles. The lowest BCUT2D eigenvalue weighted by Gasteiger charge is -2.15. The predicted molar refractivity (Wildman–Crippen MR) is 174 cm³/mol. The minimum Gasteiger partial charge on any atom is -0.333 e. The number of carbonyl (C=O) groups excluding carboxylic acids is 1. The summed E-state index contributed by atoms with van der Waals surface area (Å²) in [6.07, 6.45) is 4.56. The summed E-state index contributed by atoms with van der Waals surface area (Å²) in [5.41, 5.74) is 16.1. The van der Waals surface area contributed by atoms with Crippen molar-refractivity contribution in [1.29, 1.82) is 0 Å². The van der Waals surface area contributed by atoms with E-state index >= 15 is 0 Å². The Morgan fingerprint density at radius 3 is 2.05 bits per heavy atom. The number of hydrogen-bond donors (Lipinski definition) is 1. The van der Waals surface area contributed by atoms with E-state index in [1.165, 1.54) is 45.8 Å². The standard InChI is InChI=1S/C23H19N.C9H10O.C4H9F.CH5N/c1-16-8-3-5-11-20(16)23-17(2)9-7-12-21(23)19-14-18-10-4-6-13-22(18)24-15-19;1-7-3-4-9(6-10)8(2)5-7;1-2-3-4-5;1-2/h3-15H,1-2H3;3-6H,1-2H3;2-4H2,1H3;2H2,1H3. The molecule has 0 amide bonds. The summed E-state index contributed by atoms with van der Waals surface area (Å²) in [4.78, 5) is 15.0. The van der Waals surface area contributed by atoms with E-state index in [0.717, 1.165) is 41.3 Å². The van der Waals surface area contributed by atoms with Gasteiger partial charge >= 0.3 is 0 Å². The molecule has 0 aliphatic rings. The van der Waals surface area contributed by atoms with E-state index in [9.17, 15) is 9.18 Å². The van der Waals surface area contributed by atoms with Gasteiger partial charge in [-0.2, -0.15) is 0 Å². The van der Waals surface area contributed by atoms with Crippen molar-refractivity contribution in [2.75, 3.05) is 13.7 Å². The summed E-state index contributed by atoms with van der Waals surface area (Å²) in [7, 11) is 1.50. The molecule has 0 aliphatic carbocycles. The molecule has 41 heavy (non-hydrogen) atoms. The summed E-state index contributed by atoms with van der Waals surface area (Å²) >= 11 is 0. The first kappa shape index (κ1) is 33.1. The number of benzene rings is 4. The van der Waals surface area contributed by atoms with E-state index in [2.05, 4.69) is 91.3 Å². The van der Waals surface area contributed by atoms with Crippen LogP contribution < -0.4 is 5.73 Å². The Hall–Kier alpha value is -4.15. The van der Waals surface area contributed by atoms with Crippen molar-refractivity contribution in [1.82, 2.24) is 4.98 Å². The van der Waals surface area contributed by atoms with E-state index in [1.54, 1.807) is 0 Å². The van der Waals surface area contributed by atoms with Crippen LogP contribution in [0.15, 0.2) is 97.2 Å². The number of aldehydes is 1. The lowest BCUT2D eigenvalue weighted by molar-refractivity contribution is 0.112. The quantitative estimate of drug-likeness (QED) is 0.222. The summed E-state index contributed by atoms with van der Waals surface area (Å²) < 4.78 is 11.0. The second-order valence-electron chi connectivity index (χ2n) is 9.75. The van der Waals surface area contributed by atoms with Crippen molar-refractivity contribution >= 4 is 17.2 Å². The van der Waals surface area contributed by atoms with E-state index in [-0.39, 0.29) is 6.67 Å². The highest BCUT2D eigenvalue weighted by Gasteiger charge is 2.12. The monoisotopic (exact) mass is 550 g/mol. The number of carbonyl (C=O) groups is 1. The number of rotatable bonds is 5. The Morgan fingerprint density at radius 2 is 1.41 bits per heavy atom. The molecule has 0 saturated carbocycles. The van der Waals surface area contributed by atoms with E-state index in [0.29, 0.717) is 0 Å². The van der Waals surface area contributed by atoms with Crippen LogP contribution in [-0.4, -0.2) is 25.0 Å². The van der Waals surface area contributed by atoms with Crippen LogP contribution in [0.2, 0.25) is 0 Å². The predicted octanol–water partition coefficient (Wildman–Crippen LogP) is 9.63. The maximum Gasteiger partial charge on any atom is 0.150 e. The molecular weight excluding hydrogens is 507 g/mol. The maximum absolute atomic E-state index is 11.0. The number of pyridine rings is 1. The van der Waals surface area contributed by atoms with Crippen LogP contribution in [0.1, 0.15) is 52.4 Å². The second-order valence-corrected chi connectivity index (χ2v) is 9.75. The Labute approximate surface area is 245 Å². The number of aryl methyl sites for hydroxylation is 4. The van der Waals surface area contributed by atoms with Gasteiger partial charge in [-0.25, -0.2) is 0 Å². The van der Waals surface area contributed by atoms with E-state index in [4.69, 9.17) is 0 Å². The van der Waals surface area contributed by atoms with Crippen molar-refractivity contribution in [3.8, 4) is 22.3 Å². The molecule has 0 radical (unpaired) electrons. The number of nitrogens with zero attached hydrogens (tertiary/aromatic N) is 1. The van der Waals surface area contributed by atoms with Gasteiger partial charge in [0.2, 0.25) is 0 Å². The zero-order chi connectivity index (χ0) is 30.2. The van der Waals surface area contributed by atoms with Crippen LogP contribution in [0.4, 0.5) is 4.39 Å². The zero-order valence-electron chi connectivity index (χ0n) is 25.2. The van der Waals surface area contributed by atoms with Crippen molar-refractivity contribution in [3.05, 3.63) is 125 Å². The van der Waals surface area contributed by atoms with Crippen LogP contribution in [0.5, 0.6) is 0 Å². The topological polar surface area (TPSA) is 56.0 Å². The number of nitrogens with two attached hydrogens (primary N) is 1. The van der Waals surface area contributed by atoms with Crippen LogP contribution in [-0.2, 0) is 0 Å². The highest BCUT2D eigenvalue weighted by Crippen LogP contribution is 2.36. The Morgan fingerprint density at radius 1 is 0.756 bits per heavy atom. The fraction of sp³-hybridized carbons (Fsp3) is 0.243. The van der Waals surface area contributed by atoms with Gasteiger partial charge in [-0.15, -0.1) is 0 Å². The van der Waals surface area contributed by atoms with Crippen LogP contribution in [0.3, 0.4) is 0 Å². The maximum atomic E-state index is 11.0. The summed E-state index contributed by atoms with van der Waals surface area (Å²) in [6, 6.07) is 31.4. The molecule has 0 bridgehead atoms. The molecule has 1 heterocycles. The molecule has 4 heteroatoms. The molecule has 4 aromatic carbocycles. The molecule has 1 aromatic heterocycles. The van der Waals surface area contributed by atoms with Crippen molar-refractivity contribution in [3.63, 3.8) is 0 Å². The Kier molecular flexibility index (Phi) is 14.1. The van der Waals surface area contributed by atoms with Gasteiger partial charge in [0.1, 0.15) is 6.29 Å². The molecule has 0 fully saturated rings. The zero-order valence-corrected chi connectivity index (χ0v) is 25.2. The molecule has 0 unspecified atom stereocenters. The fourth-order valence-corrected chi connectivity index (χ4v) is 4.43. The normalized spacial score (nSPS) is 9.85.